The highest BCUT2D eigenvalue weighted by atomic mass is 35.5. The third kappa shape index (κ3) is 4.20. The van der Waals surface area contributed by atoms with Crippen LogP contribution >= 0.6 is 22.9 Å². The van der Waals surface area contributed by atoms with Gasteiger partial charge in [0.25, 0.3) is 5.91 Å². The molecule has 1 aromatic carbocycles. The Bertz CT molecular complexity index is 932. The molecular formula is C20H21ClN4O2S. The number of hydrogen-bond donors (Lipinski definition) is 0. The van der Waals surface area contributed by atoms with Crippen LogP contribution in [0.15, 0.2) is 43.0 Å². The Kier molecular flexibility index (Phi) is 5.64. The Morgan fingerprint density at radius 3 is 2.71 bits per heavy atom. The molecule has 1 aliphatic rings. The Hall–Kier alpha value is -2.38. The minimum atomic E-state index is 0.0665. The first-order valence-electron chi connectivity index (χ1n) is 9.21. The van der Waals surface area contributed by atoms with Gasteiger partial charge in [-0.1, -0.05) is 11.6 Å². The Morgan fingerprint density at radius 1 is 1.29 bits per heavy atom. The molecule has 0 bridgehead atoms. The van der Waals surface area contributed by atoms with Crippen LogP contribution in [0.2, 0.25) is 5.02 Å². The lowest BCUT2D eigenvalue weighted by Crippen LogP contribution is -2.38. The average Bonchev–Trinajstić information content (AvgIpc) is 3.37. The standard InChI is InChI=1S/C20H21ClN4O2S/c1-14-19(28-18(23-14)12-27-17-4-2-15(21)3-5-17)20(26)24-9-6-16(7-10-24)25-11-8-22-13-25/h2-5,8,11,13,16H,6-7,9-10,12H2,1H3. The number of carbonyl (C=O) groups is 1. The Morgan fingerprint density at radius 2 is 2.04 bits per heavy atom. The predicted octanol–water partition coefficient (Wildman–Crippen LogP) is 4.36. The van der Waals surface area contributed by atoms with E-state index in [0.717, 1.165) is 42.4 Å². The van der Waals surface area contributed by atoms with Crippen molar-refractivity contribution in [3.63, 3.8) is 0 Å². The molecule has 1 fully saturated rings. The van der Waals surface area contributed by atoms with Crippen molar-refractivity contribution in [3.05, 3.63) is 63.6 Å². The third-order valence-corrected chi connectivity index (χ3v) is 6.28. The average molecular weight is 417 g/mol. The monoisotopic (exact) mass is 416 g/mol. The number of halogens is 1. The summed E-state index contributed by atoms with van der Waals surface area (Å²) in [5.74, 6) is 0.795. The molecule has 1 aliphatic heterocycles. The van der Waals surface area contributed by atoms with Gasteiger partial charge in [-0.15, -0.1) is 11.3 Å². The number of likely N-dealkylation sites (tertiary alicyclic amines) is 1. The van der Waals surface area contributed by atoms with Crippen molar-refractivity contribution >= 4 is 28.8 Å². The molecule has 3 heterocycles. The van der Waals surface area contributed by atoms with Crippen LogP contribution in [0.5, 0.6) is 5.75 Å². The van der Waals surface area contributed by atoms with E-state index < -0.39 is 0 Å². The van der Waals surface area contributed by atoms with E-state index in [0.29, 0.717) is 22.5 Å². The maximum atomic E-state index is 13.0. The van der Waals surface area contributed by atoms with E-state index in [9.17, 15) is 4.79 Å². The highest BCUT2D eigenvalue weighted by Crippen LogP contribution is 2.27. The molecule has 2 aromatic heterocycles. The van der Waals surface area contributed by atoms with Crippen molar-refractivity contribution in [3.8, 4) is 5.75 Å². The van der Waals surface area contributed by atoms with Crippen molar-refractivity contribution in [1.82, 2.24) is 19.4 Å². The zero-order valence-corrected chi connectivity index (χ0v) is 17.1. The highest BCUT2D eigenvalue weighted by Gasteiger charge is 2.27. The second-order valence-electron chi connectivity index (χ2n) is 6.80. The van der Waals surface area contributed by atoms with Crippen molar-refractivity contribution in [2.75, 3.05) is 13.1 Å². The van der Waals surface area contributed by atoms with E-state index >= 15 is 0 Å². The van der Waals surface area contributed by atoms with Crippen LogP contribution in [-0.2, 0) is 6.61 Å². The number of benzene rings is 1. The van der Waals surface area contributed by atoms with Gasteiger partial charge >= 0.3 is 0 Å². The van der Waals surface area contributed by atoms with Gasteiger partial charge in [0.05, 0.1) is 12.0 Å². The number of aromatic nitrogens is 3. The molecule has 0 aliphatic carbocycles. The fourth-order valence-corrected chi connectivity index (χ4v) is 4.46. The van der Waals surface area contributed by atoms with Gasteiger partial charge in [0, 0.05) is 36.5 Å². The van der Waals surface area contributed by atoms with Gasteiger partial charge in [-0.25, -0.2) is 9.97 Å². The van der Waals surface area contributed by atoms with E-state index in [1.54, 1.807) is 18.3 Å². The molecule has 0 N–H and O–H groups in total. The van der Waals surface area contributed by atoms with Crippen LogP contribution in [0, 0.1) is 6.92 Å². The normalized spacial score (nSPS) is 15.0. The largest absolute Gasteiger partial charge is 0.486 e. The molecule has 0 radical (unpaired) electrons. The fourth-order valence-electron chi connectivity index (χ4n) is 3.38. The molecule has 146 valence electrons. The molecule has 0 saturated carbocycles. The lowest BCUT2D eigenvalue weighted by Gasteiger charge is -2.32. The first-order valence-corrected chi connectivity index (χ1v) is 10.4. The summed E-state index contributed by atoms with van der Waals surface area (Å²) in [7, 11) is 0. The summed E-state index contributed by atoms with van der Waals surface area (Å²) >= 11 is 7.30. The number of thiazole rings is 1. The van der Waals surface area contributed by atoms with Gasteiger partial charge in [0.2, 0.25) is 0 Å². The van der Waals surface area contributed by atoms with Crippen LogP contribution in [0.25, 0.3) is 0 Å². The van der Waals surface area contributed by atoms with Gasteiger partial charge in [-0.3, -0.25) is 4.79 Å². The lowest BCUT2D eigenvalue weighted by atomic mass is 10.0. The second kappa shape index (κ2) is 8.32. The van der Waals surface area contributed by atoms with E-state index in [4.69, 9.17) is 16.3 Å². The number of hydrogen-bond acceptors (Lipinski definition) is 5. The second-order valence-corrected chi connectivity index (χ2v) is 8.32. The van der Waals surface area contributed by atoms with Crippen LogP contribution in [0.1, 0.15) is 39.3 Å². The van der Waals surface area contributed by atoms with Gasteiger partial charge in [0.15, 0.2) is 0 Å². The molecule has 0 spiro atoms. The van der Waals surface area contributed by atoms with E-state index in [1.165, 1.54) is 11.3 Å². The number of nitrogens with zero attached hydrogens (tertiary/aromatic N) is 4. The summed E-state index contributed by atoms with van der Waals surface area (Å²) in [6, 6.07) is 7.62. The minimum absolute atomic E-state index is 0.0665. The summed E-state index contributed by atoms with van der Waals surface area (Å²) in [5.41, 5.74) is 0.765. The number of piperidine rings is 1. The molecule has 0 unspecified atom stereocenters. The summed E-state index contributed by atoms with van der Waals surface area (Å²) in [5, 5.41) is 1.46. The third-order valence-electron chi connectivity index (χ3n) is 4.91. The Labute approximate surface area is 172 Å². The molecule has 3 aromatic rings. The van der Waals surface area contributed by atoms with Crippen molar-refractivity contribution in [2.45, 2.75) is 32.4 Å². The smallest absolute Gasteiger partial charge is 0.265 e. The number of ether oxygens (including phenoxy) is 1. The number of aryl methyl sites for hydroxylation is 1. The zero-order valence-electron chi connectivity index (χ0n) is 15.5. The lowest BCUT2D eigenvalue weighted by molar-refractivity contribution is 0.0698. The Balaban J connectivity index is 1.36. The zero-order chi connectivity index (χ0) is 19.5. The predicted molar refractivity (Wildman–Crippen MR) is 109 cm³/mol. The molecule has 6 nitrogen and oxygen atoms in total. The minimum Gasteiger partial charge on any atom is -0.486 e. The molecule has 1 amide bonds. The van der Waals surface area contributed by atoms with Crippen molar-refractivity contribution < 1.29 is 9.53 Å². The van der Waals surface area contributed by atoms with Gasteiger partial charge in [0.1, 0.15) is 22.2 Å². The number of imidazole rings is 1. The molecule has 1 saturated heterocycles. The molecule has 0 atom stereocenters. The number of amides is 1. The summed E-state index contributed by atoms with van der Waals surface area (Å²) in [6.07, 6.45) is 7.51. The van der Waals surface area contributed by atoms with Crippen molar-refractivity contribution in [1.29, 1.82) is 0 Å². The SMILES string of the molecule is Cc1nc(COc2ccc(Cl)cc2)sc1C(=O)N1CCC(n2ccnc2)CC1. The first kappa shape index (κ1) is 19.0. The van der Waals surface area contributed by atoms with Crippen LogP contribution in [0.4, 0.5) is 0 Å². The first-order chi connectivity index (χ1) is 13.6. The molecular weight excluding hydrogens is 396 g/mol. The fraction of sp³-hybridized carbons (Fsp3) is 0.350. The quantitative estimate of drug-likeness (QED) is 0.620. The van der Waals surface area contributed by atoms with Gasteiger partial charge < -0.3 is 14.2 Å². The van der Waals surface area contributed by atoms with Crippen molar-refractivity contribution in [2.24, 2.45) is 0 Å². The topological polar surface area (TPSA) is 60.2 Å². The van der Waals surface area contributed by atoms with E-state index in [-0.39, 0.29) is 5.91 Å². The van der Waals surface area contributed by atoms with Gasteiger partial charge in [-0.2, -0.15) is 0 Å². The number of rotatable bonds is 5. The van der Waals surface area contributed by atoms with Crippen LogP contribution in [0.3, 0.4) is 0 Å². The maximum Gasteiger partial charge on any atom is 0.265 e. The summed E-state index contributed by atoms with van der Waals surface area (Å²) in [6.45, 7) is 3.71. The molecule has 4 rings (SSSR count). The molecule has 8 heteroatoms. The van der Waals surface area contributed by atoms with Gasteiger partial charge in [-0.05, 0) is 44.0 Å². The summed E-state index contributed by atoms with van der Waals surface area (Å²) < 4.78 is 7.88. The highest BCUT2D eigenvalue weighted by molar-refractivity contribution is 7.13. The van der Waals surface area contributed by atoms with E-state index in [1.807, 2.05) is 36.5 Å². The molecule has 28 heavy (non-hydrogen) atoms. The van der Waals surface area contributed by atoms with Crippen LogP contribution < -0.4 is 4.74 Å². The summed E-state index contributed by atoms with van der Waals surface area (Å²) in [4.78, 5) is 24.2. The number of carbonyl (C=O) groups excluding carboxylic acids is 1. The van der Waals surface area contributed by atoms with Crippen LogP contribution in [-0.4, -0.2) is 38.4 Å². The maximum absolute atomic E-state index is 13.0. The van der Waals surface area contributed by atoms with E-state index in [2.05, 4.69) is 14.5 Å².